The van der Waals surface area contributed by atoms with E-state index in [0.717, 1.165) is 14.8 Å². The van der Waals surface area contributed by atoms with Crippen molar-refractivity contribution in [3.63, 3.8) is 0 Å². The third-order valence-corrected chi connectivity index (χ3v) is 3.69. The predicted octanol–water partition coefficient (Wildman–Crippen LogP) is 4.37. The molecule has 1 aromatic carbocycles. The third kappa shape index (κ3) is 2.34. The molecule has 1 aliphatic carbocycles. The topological polar surface area (TPSA) is 12.9 Å². The highest BCUT2D eigenvalue weighted by Gasteiger charge is 2.24. The molecule has 0 spiro atoms. The molecule has 1 aromatic heterocycles. The summed E-state index contributed by atoms with van der Waals surface area (Å²) >= 11 is 2.19. The Labute approximate surface area is 113 Å². The van der Waals surface area contributed by atoms with Crippen molar-refractivity contribution in [1.29, 1.82) is 0 Å². The largest absolute Gasteiger partial charge is 0.260 e. The first-order valence-electron chi connectivity index (χ1n) is 5.65. The van der Waals surface area contributed by atoms with Crippen LogP contribution in [-0.4, -0.2) is 4.98 Å². The van der Waals surface area contributed by atoms with E-state index in [0.29, 0.717) is 11.5 Å². The molecule has 1 heterocycles. The Balaban J connectivity index is 1.99. The van der Waals surface area contributed by atoms with Crippen LogP contribution in [0, 0.1) is 9.39 Å². The molecule has 2 aromatic rings. The Kier molecular flexibility index (Phi) is 2.86. The predicted molar refractivity (Wildman–Crippen MR) is 74.3 cm³/mol. The molecule has 0 atom stereocenters. The Morgan fingerprint density at radius 3 is 2.65 bits per heavy atom. The van der Waals surface area contributed by atoms with Crippen molar-refractivity contribution >= 4 is 22.6 Å². The molecule has 1 aliphatic rings. The minimum Gasteiger partial charge on any atom is -0.260 e. The number of pyridine rings is 1. The maximum atomic E-state index is 13.7. The minimum absolute atomic E-state index is 0.189. The number of benzene rings is 1. The molecule has 0 bridgehead atoms. The van der Waals surface area contributed by atoms with E-state index in [4.69, 9.17) is 0 Å². The maximum absolute atomic E-state index is 13.7. The molecule has 1 nitrogen and oxygen atoms in total. The van der Waals surface area contributed by atoms with E-state index in [1.165, 1.54) is 18.9 Å². The SMILES string of the molecule is Fc1ccc(I)cc1-c1ccc(C2CC2)nc1. The molecule has 0 aliphatic heterocycles. The van der Waals surface area contributed by atoms with Gasteiger partial charge in [0, 0.05) is 32.5 Å². The molecular formula is C14H11FIN. The molecule has 0 N–H and O–H groups in total. The Morgan fingerprint density at radius 2 is 2.00 bits per heavy atom. The second-order valence-electron chi connectivity index (χ2n) is 4.37. The van der Waals surface area contributed by atoms with Crippen molar-refractivity contribution in [1.82, 2.24) is 4.98 Å². The Hall–Kier alpha value is -0.970. The van der Waals surface area contributed by atoms with Crippen molar-refractivity contribution in [2.75, 3.05) is 0 Å². The lowest BCUT2D eigenvalue weighted by Crippen LogP contribution is -1.89. The number of aromatic nitrogens is 1. The highest BCUT2D eigenvalue weighted by atomic mass is 127. The van der Waals surface area contributed by atoms with E-state index < -0.39 is 0 Å². The quantitative estimate of drug-likeness (QED) is 0.741. The Morgan fingerprint density at radius 1 is 1.18 bits per heavy atom. The molecule has 0 radical (unpaired) electrons. The number of hydrogen-bond donors (Lipinski definition) is 0. The average Bonchev–Trinajstić information content (AvgIpc) is 3.17. The Bertz CT molecular complexity index is 547. The average molecular weight is 339 g/mol. The molecule has 1 saturated carbocycles. The van der Waals surface area contributed by atoms with Crippen LogP contribution in [0.4, 0.5) is 4.39 Å². The summed E-state index contributed by atoms with van der Waals surface area (Å²) in [5.74, 6) is 0.455. The van der Waals surface area contributed by atoms with Crippen molar-refractivity contribution < 1.29 is 4.39 Å². The minimum atomic E-state index is -0.189. The van der Waals surface area contributed by atoms with Crippen molar-refractivity contribution in [2.45, 2.75) is 18.8 Å². The van der Waals surface area contributed by atoms with Crippen molar-refractivity contribution in [3.05, 3.63) is 51.6 Å². The van der Waals surface area contributed by atoms with Gasteiger partial charge in [-0.25, -0.2) is 4.39 Å². The van der Waals surface area contributed by atoms with E-state index >= 15 is 0 Å². The van der Waals surface area contributed by atoms with Crippen LogP contribution in [0.5, 0.6) is 0 Å². The van der Waals surface area contributed by atoms with Gasteiger partial charge in [0.25, 0.3) is 0 Å². The highest BCUT2D eigenvalue weighted by molar-refractivity contribution is 14.1. The van der Waals surface area contributed by atoms with Gasteiger partial charge in [0.2, 0.25) is 0 Å². The molecule has 1 fully saturated rings. The number of rotatable bonds is 2. The lowest BCUT2D eigenvalue weighted by Gasteiger charge is -2.05. The lowest BCUT2D eigenvalue weighted by atomic mass is 10.1. The van der Waals surface area contributed by atoms with E-state index in [1.807, 2.05) is 18.2 Å². The fourth-order valence-corrected chi connectivity index (χ4v) is 2.40. The van der Waals surface area contributed by atoms with Crippen LogP contribution >= 0.6 is 22.6 Å². The van der Waals surface area contributed by atoms with E-state index in [1.54, 1.807) is 12.3 Å². The second-order valence-corrected chi connectivity index (χ2v) is 5.62. The summed E-state index contributed by atoms with van der Waals surface area (Å²) in [5, 5.41) is 0. The maximum Gasteiger partial charge on any atom is 0.131 e. The molecule has 0 amide bonds. The van der Waals surface area contributed by atoms with Gasteiger partial charge >= 0.3 is 0 Å². The molecule has 0 unspecified atom stereocenters. The first-order valence-corrected chi connectivity index (χ1v) is 6.73. The summed E-state index contributed by atoms with van der Waals surface area (Å²) in [5.41, 5.74) is 2.62. The highest BCUT2D eigenvalue weighted by Crippen LogP contribution is 2.39. The van der Waals surface area contributed by atoms with Gasteiger partial charge in [-0.1, -0.05) is 6.07 Å². The zero-order valence-electron chi connectivity index (χ0n) is 9.16. The van der Waals surface area contributed by atoms with Gasteiger partial charge in [-0.15, -0.1) is 0 Å². The number of nitrogens with zero attached hydrogens (tertiary/aromatic N) is 1. The van der Waals surface area contributed by atoms with Crippen LogP contribution < -0.4 is 0 Å². The summed E-state index contributed by atoms with van der Waals surface area (Å²) in [4.78, 5) is 4.42. The fourth-order valence-electron chi connectivity index (χ4n) is 1.90. The van der Waals surface area contributed by atoms with Gasteiger partial charge in [-0.3, -0.25) is 4.98 Å². The van der Waals surface area contributed by atoms with E-state index in [9.17, 15) is 4.39 Å². The molecule has 3 rings (SSSR count). The van der Waals surface area contributed by atoms with E-state index in [-0.39, 0.29) is 5.82 Å². The van der Waals surface area contributed by atoms with Crippen LogP contribution in [-0.2, 0) is 0 Å². The first-order chi connectivity index (χ1) is 8.24. The van der Waals surface area contributed by atoms with Crippen LogP contribution in [0.25, 0.3) is 11.1 Å². The standard InChI is InChI=1S/C14H11FIN/c15-13-5-4-11(16)7-12(13)10-3-6-14(17-8-10)9-1-2-9/h3-9H,1-2H2. The molecule has 86 valence electrons. The van der Waals surface area contributed by atoms with Gasteiger partial charge in [-0.2, -0.15) is 0 Å². The van der Waals surface area contributed by atoms with Gasteiger partial charge in [-0.05, 0) is 59.7 Å². The van der Waals surface area contributed by atoms with Gasteiger partial charge in [0.15, 0.2) is 0 Å². The smallest absolute Gasteiger partial charge is 0.131 e. The fraction of sp³-hybridized carbons (Fsp3) is 0.214. The molecule has 3 heteroatoms. The molecular weight excluding hydrogens is 328 g/mol. The summed E-state index contributed by atoms with van der Waals surface area (Å²) in [7, 11) is 0. The van der Waals surface area contributed by atoms with Crippen LogP contribution in [0.15, 0.2) is 36.5 Å². The second kappa shape index (κ2) is 4.37. The normalized spacial score (nSPS) is 14.9. The zero-order valence-corrected chi connectivity index (χ0v) is 11.3. The zero-order chi connectivity index (χ0) is 11.8. The molecule has 17 heavy (non-hydrogen) atoms. The van der Waals surface area contributed by atoms with Crippen LogP contribution in [0.3, 0.4) is 0 Å². The summed E-state index contributed by atoms with van der Waals surface area (Å²) in [6.07, 6.45) is 4.26. The lowest BCUT2D eigenvalue weighted by molar-refractivity contribution is 0.631. The monoisotopic (exact) mass is 339 g/mol. The van der Waals surface area contributed by atoms with Gasteiger partial charge in [0.05, 0.1) is 0 Å². The molecule has 0 saturated heterocycles. The van der Waals surface area contributed by atoms with Gasteiger partial charge in [0.1, 0.15) is 5.82 Å². The van der Waals surface area contributed by atoms with Crippen LogP contribution in [0.1, 0.15) is 24.5 Å². The third-order valence-electron chi connectivity index (χ3n) is 3.02. The number of halogens is 2. The van der Waals surface area contributed by atoms with Crippen molar-refractivity contribution in [3.8, 4) is 11.1 Å². The summed E-state index contributed by atoms with van der Waals surface area (Å²) in [6, 6.07) is 9.11. The summed E-state index contributed by atoms with van der Waals surface area (Å²) < 4.78 is 14.7. The van der Waals surface area contributed by atoms with Gasteiger partial charge < -0.3 is 0 Å². The first kappa shape index (κ1) is 11.1. The number of hydrogen-bond acceptors (Lipinski definition) is 1. The van der Waals surface area contributed by atoms with E-state index in [2.05, 4.69) is 27.6 Å². The van der Waals surface area contributed by atoms with Crippen molar-refractivity contribution in [2.24, 2.45) is 0 Å². The van der Waals surface area contributed by atoms with Crippen LogP contribution in [0.2, 0.25) is 0 Å². The summed E-state index contributed by atoms with van der Waals surface area (Å²) in [6.45, 7) is 0.